The molecule has 7 aromatic rings. The summed E-state index contributed by atoms with van der Waals surface area (Å²) in [7, 11) is 0. The fraction of sp³-hybridized carbons (Fsp3) is 0. The molecule has 0 aliphatic heterocycles. The molecule has 0 N–H and O–H groups in total. The molecule has 0 aromatic heterocycles. The molecule has 0 saturated carbocycles. The minimum Gasteiger partial charge on any atom is -0.0622 e. The Bertz CT molecular complexity index is 2060. The summed E-state index contributed by atoms with van der Waals surface area (Å²) in [5, 5.41) is 7.58. The van der Waals surface area contributed by atoms with Crippen molar-refractivity contribution in [3.8, 4) is 22.3 Å². The minimum atomic E-state index is -0.218. The zero-order chi connectivity index (χ0) is 26.0. The lowest BCUT2D eigenvalue weighted by Crippen LogP contribution is -1.91. The van der Waals surface area contributed by atoms with Crippen LogP contribution in [0.3, 0.4) is 0 Å². The van der Waals surface area contributed by atoms with Crippen molar-refractivity contribution in [2.45, 2.75) is 0 Å². The lowest BCUT2D eigenvalue weighted by molar-refractivity contribution is 1.66. The minimum absolute atomic E-state index is 0.0157. The van der Waals surface area contributed by atoms with Crippen molar-refractivity contribution in [3.05, 3.63) is 133 Å². The summed E-state index contributed by atoms with van der Waals surface area (Å²) in [6, 6.07) is 36.4. The van der Waals surface area contributed by atoms with Gasteiger partial charge < -0.3 is 0 Å². The summed E-state index contributed by atoms with van der Waals surface area (Å²) in [4.78, 5) is 0. The van der Waals surface area contributed by atoms with Crippen LogP contribution in [0.5, 0.6) is 0 Å². The Balaban J connectivity index is 1.72. The van der Waals surface area contributed by atoms with Gasteiger partial charge in [-0.05, 0) is 71.4 Å². The number of benzene rings is 7. The lowest BCUT2D eigenvalue weighted by atomic mass is 9.85. The normalized spacial score (nSPS) is 13.2. The van der Waals surface area contributed by atoms with Gasteiger partial charge in [0.05, 0.1) is 5.48 Å². The van der Waals surface area contributed by atoms with Gasteiger partial charge in [-0.25, -0.2) is 0 Å². The SMILES string of the molecule is [2H]c1c([2H])c([2H])c2c(-c3ccc4ccc5ccccc5c4c3)c3ccccc3c(-c3ccccc3)c2c1[2H]. The molecular formula is C34H22. The largest absolute Gasteiger partial charge is 0.0629 e. The van der Waals surface area contributed by atoms with E-state index in [9.17, 15) is 0 Å². The van der Waals surface area contributed by atoms with Crippen LogP contribution >= 0.6 is 0 Å². The smallest absolute Gasteiger partial charge is 0.0622 e. The predicted octanol–water partition coefficient (Wildman–Crippen LogP) is 9.63. The third kappa shape index (κ3) is 2.86. The van der Waals surface area contributed by atoms with Crippen LogP contribution < -0.4 is 0 Å². The van der Waals surface area contributed by atoms with Crippen molar-refractivity contribution in [1.82, 2.24) is 0 Å². The molecule has 7 rings (SSSR count). The molecule has 158 valence electrons. The van der Waals surface area contributed by atoms with Crippen molar-refractivity contribution in [3.63, 3.8) is 0 Å². The van der Waals surface area contributed by atoms with Gasteiger partial charge in [-0.3, -0.25) is 0 Å². The van der Waals surface area contributed by atoms with Crippen molar-refractivity contribution in [1.29, 1.82) is 0 Å². The molecule has 0 heteroatoms. The van der Waals surface area contributed by atoms with E-state index in [0.717, 1.165) is 54.6 Å². The first-order chi connectivity index (χ1) is 18.5. The number of fused-ring (bicyclic) bond motifs is 5. The summed E-state index contributed by atoms with van der Waals surface area (Å²) >= 11 is 0. The van der Waals surface area contributed by atoms with E-state index in [-0.39, 0.29) is 24.2 Å². The topological polar surface area (TPSA) is 0 Å². The highest BCUT2D eigenvalue weighted by molar-refractivity contribution is 6.22. The van der Waals surface area contributed by atoms with Gasteiger partial charge in [0.2, 0.25) is 0 Å². The third-order valence-corrected chi connectivity index (χ3v) is 6.75. The molecule has 0 aliphatic carbocycles. The van der Waals surface area contributed by atoms with E-state index < -0.39 is 0 Å². The van der Waals surface area contributed by atoms with E-state index in [0.29, 0.717) is 10.8 Å². The summed E-state index contributed by atoms with van der Waals surface area (Å²) < 4.78 is 35.1. The van der Waals surface area contributed by atoms with Gasteiger partial charge in [-0.15, -0.1) is 0 Å². The van der Waals surface area contributed by atoms with Crippen LogP contribution in [0.25, 0.3) is 65.3 Å². The first kappa shape index (κ1) is 15.4. The Labute approximate surface area is 204 Å². The Morgan fingerprint density at radius 1 is 0.382 bits per heavy atom. The maximum Gasteiger partial charge on any atom is 0.0629 e. The molecule has 0 bridgehead atoms. The van der Waals surface area contributed by atoms with Crippen molar-refractivity contribution >= 4 is 43.1 Å². The first-order valence-corrected chi connectivity index (χ1v) is 11.5. The van der Waals surface area contributed by atoms with E-state index in [4.69, 9.17) is 5.48 Å². The Morgan fingerprint density at radius 2 is 0.912 bits per heavy atom. The molecule has 0 spiro atoms. The second-order valence-electron chi connectivity index (χ2n) is 8.63. The number of rotatable bonds is 2. The van der Waals surface area contributed by atoms with E-state index in [2.05, 4.69) is 54.6 Å². The van der Waals surface area contributed by atoms with Crippen LogP contribution in [-0.2, 0) is 0 Å². The van der Waals surface area contributed by atoms with Crippen molar-refractivity contribution in [2.24, 2.45) is 0 Å². The lowest BCUT2D eigenvalue weighted by Gasteiger charge is -2.18. The van der Waals surface area contributed by atoms with Gasteiger partial charge in [0.1, 0.15) is 0 Å². The summed E-state index contributed by atoms with van der Waals surface area (Å²) in [6.07, 6.45) is 0. The Kier molecular flexibility index (Phi) is 3.44. The molecule has 0 saturated heterocycles. The van der Waals surface area contributed by atoms with Gasteiger partial charge >= 0.3 is 0 Å². The summed E-state index contributed by atoms with van der Waals surface area (Å²) in [5.41, 5.74) is 3.52. The average Bonchev–Trinajstić information content (AvgIpc) is 2.97. The second kappa shape index (κ2) is 7.57. The van der Waals surface area contributed by atoms with Crippen LogP contribution in [0.2, 0.25) is 0 Å². The van der Waals surface area contributed by atoms with Crippen LogP contribution in [0.1, 0.15) is 5.48 Å². The van der Waals surface area contributed by atoms with Crippen molar-refractivity contribution < 1.29 is 5.48 Å². The molecule has 0 nitrogen and oxygen atoms in total. The van der Waals surface area contributed by atoms with E-state index in [1.54, 1.807) is 0 Å². The maximum absolute atomic E-state index is 9.05. The monoisotopic (exact) mass is 434 g/mol. The van der Waals surface area contributed by atoms with Gasteiger partial charge in [0, 0.05) is 0 Å². The van der Waals surface area contributed by atoms with Crippen LogP contribution in [0, 0.1) is 0 Å². The van der Waals surface area contributed by atoms with E-state index in [1.807, 2.05) is 54.6 Å². The molecule has 0 fully saturated rings. The fourth-order valence-electron chi connectivity index (χ4n) is 5.24. The first-order valence-electron chi connectivity index (χ1n) is 13.5. The Hall–Kier alpha value is -4.42. The average molecular weight is 435 g/mol. The summed E-state index contributed by atoms with van der Waals surface area (Å²) in [5.74, 6) is 0. The third-order valence-electron chi connectivity index (χ3n) is 6.75. The highest BCUT2D eigenvalue weighted by atomic mass is 14.2. The number of hydrogen-bond acceptors (Lipinski definition) is 0. The standard InChI is InChI=1S/C34H22/c1-2-11-25(12-3-1)33-28-14-6-8-16-30(28)34(31-17-9-7-15-29(31)33)26-21-20-24-19-18-23-10-4-5-13-27(23)32(24)22-26/h1-22H/i6D,8D,14D,16D. The molecule has 0 radical (unpaired) electrons. The van der Waals surface area contributed by atoms with Crippen LogP contribution in [0.15, 0.2) is 133 Å². The molecule has 0 heterocycles. The maximum atomic E-state index is 9.05. The highest BCUT2D eigenvalue weighted by Gasteiger charge is 2.16. The zero-order valence-electron chi connectivity index (χ0n) is 22.4. The number of hydrogen-bond donors (Lipinski definition) is 0. The van der Waals surface area contributed by atoms with Crippen LogP contribution in [0.4, 0.5) is 0 Å². The molecule has 0 aliphatic rings. The Morgan fingerprint density at radius 3 is 1.62 bits per heavy atom. The molecule has 0 amide bonds. The van der Waals surface area contributed by atoms with Gasteiger partial charge in [0.25, 0.3) is 0 Å². The van der Waals surface area contributed by atoms with Gasteiger partial charge in [-0.2, -0.15) is 0 Å². The quantitative estimate of drug-likeness (QED) is 0.188. The predicted molar refractivity (Wildman–Crippen MR) is 147 cm³/mol. The molecule has 0 atom stereocenters. The fourth-order valence-corrected chi connectivity index (χ4v) is 5.24. The molecule has 0 unspecified atom stereocenters. The molecule has 34 heavy (non-hydrogen) atoms. The zero-order valence-corrected chi connectivity index (χ0v) is 18.4. The second-order valence-corrected chi connectivity index (χ2v) is 8.63. The van der Waals surface area contributed by atoms with E-state index >= 15 is 0 Å². The van der Waals surface area contributed by atoms with Crippen molar-refractivity contribution in [2.75, 3.05) is 0 Å². The van der Waals surface area contributed by atoms with Crippen LogP contribution in [-0.4, -0.2) is 0 Å². The summed E-state index contributed by atoms with van der Waals surface area (Å²) in [6.45, 7) is 0. The molecule has 7 aromatic carbocycles. The molecular weight excluding hydrogens is 408 g/mol. The van der Waals surface area contributed by atoms with E-state index in [1.165, 1.54) is 0 Å². The van der Waals surface area contributed by atoms with Gasteiger partial charge in [0.15, 0.2) is 0 Å². The van der Waals surface area contributed by atoms with Gasteiger partial charge in [-0.1, -0.05) is 127 Å². The highest BCUT2D eigenvalue weighted by Crippen LogP contribution is 2.44.